The van der Waals surface area contributed by atoms with Crippen LogP contribution in [0.1, 0.15) is 43.7 Å². The summed E-state index contributed by atoms with van der Waals surface area (Å²) >= 11 is 6.84. The number of hydrogen-bond acceptors (Lipinski definition) is 4. The molecule has 0 aliphatic rings. The van der Waals surface area contributed by atoms with Crippen LogP contribution in [-0.4, -0.2) is 23.5 Å². The van der Waals surface area contributed by atoms with Crippen LogP contribution in [0.4, 0.5) is 5.69 Å². The van der Waals surface area contributed by atoms with E-state index in [4.69, 9.17) is 4.74 Å². The van der Waals surface area contributed by atoms with Gasteiger partial charge < -0.3 is 14.9 Å². The van der Waals surface area contributed by atoms with Gasteiger partial charge in [0.25, 0.3) is 0 Å². The first-order chi connectivity index (χ1) is 11.9. The number of benzene rings is 2. The van der Waals surface area contributed by atoms with Gasteiger partial charge in [0.05, 0.1) is 12.7 Å². The molecule has 2 N–H and O–H groups in total. The molecule has 1 unspecified atom stereocenters. The molecule has 2 aromatic rings. The van der Waals surface area contributed by atoms with E-state index >= 15 is 0 Å². The molecule has 6 heteroatoms. The average Bonchev–Trinajstić information content (AvgIpc) is 2.59. The number of aromatic hydroxyl groups is 2. The lowest BCUT2D eigenvalue weighted by Gasteiger charge is -2.12. The highest BCUT2D eigenvalue weighted by molar-refractivity contribution is 9.13. The molecule has 0 aromatic heterocycles. The van der Waals surface area contributed by atoms with Crippen LogP contribution in [0.3, 0.4) is 0 Å². The molecule has 1 atom stereocenters. The highest BCUT2D eigenvalue weighted by Crippen LogP contribution is 2.40. The second-order valence-corrected chi connectivity index (χ2v) is 7.48. The predicted molar refractivity (Wildman–Crippen MR) is 109 cm³/mol. The van der Waals surface area contributed by atoms with E-state index in [9.17, 15) is 10.2 Å². The minimum atomic E-state index is -0.0173. The van der Waals surface area contributed by atoms with Crippen molar-refractivity contribution in [3.8, 4) is 17.2 Å². The Hall–Kier alpha value is -1.53. The maximum absolute atomic E-state index is 10.3. The van der Waals surface area contributed by atoms with Gasteiger partial charge in [-0.25, -0.2) is 0 Å². The fourth-order valence-electron chi connectivity index (χ4n) is 2.57. The van der Waals surface area contributed by atoms with Crippen molar-refractivity contribution in [1.82, 2.24) is 0 Å². The molecule has 0 aliphatic heterocycles. The molecule has 0 spiro atoms. The van der Waals surface area contributed by atoms with Gasteiger partial charge in [0.15, 0.2) is 11.5 Å². The van der Waals surface area contributed by atoms with Crippen molar-refractivity contribution >= 4 is 43.8 Å². The third kappa shape index (κ3) is 4.55. The van der Waals surface area contributed by atoms with Crippen LogP contribution < -0.4 is 4.74 Å². The quantitative estimate of drug-likeness (QED) is 0.488. The standard InChI is InChI=1S/C19H21Br2NO3/c1-4-5-11(2)12-6-7-16(23)15(8-12)22-10-13-18(21)14(20)9-17(25-3)19(13)24/h6-11,23-24H,4-5H2,1-3H3. The average molecular weight is 471 g/mol. The lowest BCUT2D eigenvalue weighted by atomic mass is 9.96. The van der Waals surface area contributed by atoms with Crippen molar-refractivity contribution in [2.45, 2.75) is 32.6 Å². The molecule has 0 amide bonds. The minimum absolute atomic E-state index is 0.0173. The summed E-state index contributed by atoms with van der Waals surface area (Å²) in [4.78, 5) is 4.38. The lowest BCUT2D eigenvalue weighted by molar-refractivity contribution is 0.372. The molecule has 0 saturated heterocycles. The van der Waals surface area contributed by atoms with Crippen molar-refractivity contribution in [3.63, 3.8) is 0 Å². The van der Waals surface area contributed by atoms with E-state index in [2.05, 4.69) is 50.7 Å². The van der Waals surface area contributed by atoms with Gasteiger partial charge in [0.1, 0.15) is 11.4 Å². The third-order valence-electron chi connectivity index (χ3n) is 4.04. The summed E-state index contributed by atoms with van der Waals surface area (Å²) in [7, 11) is 1.49. The van der Waals surface area contributed by atoms with Crippen LogP contribution in [0.15, 0.2) is 38.2 Å². The zero-order valence-electron chi connectivity index (χ0n) is 14.4. The molecule has 4 nitrogen and oxygen atoms in total. The van der Waals surface area contributed by atoms with Gasteiger partial charge in [0, 0.05) is 15.2 Å². The number of halogens is 2. The van der Waals surface area contributed by atoms with Crippen LogP contribution in [-0.2, 0) is 0 Å². The highest BCUT2D eigenvalue weighted by Gasteiger charge is 2.15. The van der Waals surface area contributed by atoms with Crippen molar-refractivity contribution in [2.75, 3.05) is 7.11 Å². The summed E-state index contributed by atoms with van der Waals surface area (Å²) in [6.45, 7) is 4.31. The number of phenolic OH excluding ortho intramolecular Hbond substituents is 2. The summed E-state index contributed by atoms with van der Waals surface area (Å²) < 4.78 is 6.55. The van der Waals surface area contributed by atoms with Crippen LogP contribution in [0, 0.1) is 0 Å². The fraction of sp³-hybridized carbons (Fsp3) is 0.316. The van der Waals surface area contributed by atoms with Crippen molar-refractivity contribution in [1.29, 1.82) is 0 Å². The van der Waals surface area contributed by atoms with Crippen molar-refractivity contribution in [2.24, 2.45) is 4.99 Å². The van der Waals surface area contributed by atoms with E-state index in [1.54, 1.807) is 12.1 Å². The minimum Gasteiger partial charge on any atom is -0.506 e. The Labute approximate surface area is 164 Å². The number of methoxy groups -OCH3 is 1. The van der Waals surface area contributed by atoms with Gasteiger partial charge in [-0.05, 0) is 68.0 Å². The topological polar surface area (TPSA) is 62.1 Å². The predicted octanol–water partition coefficient (Wildman–Crippen LogP) is 6.29. The highest BCUT2D eigenvalue weighted by atomic mass is 79.9. The van der Waals surface area contributed by atoms with Crippen LogP contribution >= 0.6 is 31.9 Å². The summed E-state index contributed by atoms with van der Waals surface area (Å²) in [6.07, 6.45) is 3.68. The first kappa shape index (κ1) is 19.8. The Morgan fingerprint density at radius 3 is 2.60 bits per heavy atom. The molecule has 0 heterocycles. The number of hydrogen-bond donors (Lipinski definition) is 2. The molecule has 134 valence electrons. The van der Waals surface area contributed by atoms with Crippen molar-refractivity contribution < 1.29 is 14.9 Å². The molecular formula is C19H21Br2NO3. The van der Waals surface area contributed by atoms with E-state index in [1.807, 2.05) is 12.1 Å². The smallest absolute Gasteiger partial charge is 0.167 e. The number of rotatable bonds is 6. The normalized spacial score (nSPS) is 12.5. The van der Waals surface area contributed by atoms with E-state index in [1.165, 1.54) is 13.3 Å². The van der Waals surface area contributed by atoms with Crippen LogP contribution in [0.2, 0.25) is 0 Å². The van der Waals surface area contributed by atoms with Gasteiger partial charge in [0.2, 0.25) is 0 Å². The molecule has 0 fully saturated rings. The van der Waals surface area contributed by atoms with Crippen LogP contribution in [0.25, 0.3) is 0 Å². The third-order valence-corrected chi connectivity index (χ3v) is 6.05. The molecule has 2 aromatic carbocycles. The zero-order chi connectivity index (χ0) is 18.6. The number of nitrogens with zero attached hydrogens (tertiary/aromatic N) is 1. The zero-order valence-corrected chi connectivity index (χ0v) is 17.6. The van der Waals surface area contributed by atoms with Crippen molar-refractivity contribution in [3.05, 3.63) is 44.3 Å². The maximum atomic E-state index is 10.3. The lowest BCUT2D eigenvalue weighted by Crippen LogP contribution is -1.93. The van der Waals surface area contributed by atoms with E-state index in [0.29, 0.717) is 27.4 Å². The molecule has 0 saturated carbocycles. The number of phenols is 2. The summed E-state index contributed by atoms with van der Waals surface area (Å²) in [5, 5.41) is 20.4. The summed E-state index contributed by atoms with van der Waals surface area (Å²) in [5.74, 6) is 0.814. The first-order valence-electron chi connectivity index (χ1n) is 8.00. The van der Waals surface area contributed by atoms with Gasteiger partial charge in [-0.15, -0.1) is 0 Å². The van der Waals surface area contributed by atoms with E-state index < -0.39 is 0 Å². The Morgan fingerprint density at radius 2 is 1.96 bits per heavy atom. The number of ether oxygens (including phenoxy) is 1. The number of aliphatic imine (C=N–C) groups is 1. The molecule has 0 aliphatic carbocycles. The van der Waals surface area contributed by atoms with E-state index in [-0.39, 0.29) is 11.5 Å². The fourth-order valence-corrected chi connectivity index (χ4v) is 3.40. The monoisotopic (exact) mass is 469 g/mol. The Bertz CT molecular complexity index is 791. The Kier molecular flexibility index (Phi) is 6.90. The molecule has 0 radical (unpaired) electrons. The Morgan fingerprint density at radius 1 is 1.24 bits per heavy atom. The van der Waals surface area contributed by atoms with Gasteiger partial charge in [-0.3, -0.25) is 4.99 Å². The van der Waals surface area contributed by atoms with Crippen LogP contribution in [0.5, 0.6) is 17.2 Å². The summed E-state index contributed by atoms with van der Waals surface area (Å²) in [6, 6.07) is 7.13. The molecule has 0 bridgehead atoms. The molecular weight excluding hydrogens is 450 g/mol. The SMILES string of the molecule is CCCC(C)c1ccc(O)c(N=Cc2c(O)c(OC)cc(Br)c2Br)c1. The first-order valence-corrected chi connectivity index (χ1v) is 9.59. The van der Waals surface area contributed by atoms with Gasteiger partial charge >= 0.3 is 0 Å². The largest absolute Gasteiger partial charge is 0.506 e. The van der Waals surface area contributed by atoms with E-state index in [0.717, 1.165) is 22.9 Å². The van der Waals surface area contributed by atoms with Gasteiger partial charge in [-0.1, -0.05) is 26.3 Å². The Balaban J connectivity index is 2.43. The second-order valence-electron chi connectivity index (χ2n) is 5.83. The summed E-state index contributed by atoms with van der Waals surface area (Å²) in [5.41, 5.74) is 2.06. The molecule has 25 heavy (non-hydrogen) atoms. The van der Waals surface area contributed by atoms with Gasteiger partial charge in [-0.2, -0.15) is 0 Å². The maximum Gasteiger partial charge on any atom is 0.167 e. The second kappa shape index (κ2) is 8.72. The molecule has 2 rings (SSSR count).